The Morgan fingerprint density at radius 2 is 1.67 bits per heavy atom. The Morgan fingerprint density at radius 3 is 2.33 bits per heavy atom. The first-order valence-electron chi connectivity index (χ1n) is 11.6. The van der Waals surface area contributed by atoms with E-state index >= 15 is 0 Å². The van der Waals surface area contributed by atoms with E-state index in [0.29, 0.717) is 36.0 Å². The average Bonchev–Trinajstić information content (AvgIpc) is 3.34. The fourth-order valence-corrected chi connectivity index (χ4v) is 4.07. The molecule has 184 valence electrons. The second-order valence-electron chi connectivity index (χ2n) is 8.27. The predicted molar refractivity (Wildman–Crippen MR) is 138 cm³/mol. The molecule has 7 nitrogen and oxygen atoms in total. The monoisotopic (exact) mass is 484 g/mol. The van der Waals surface area contributed by atoms with Gasteiger partial charge in [0.15, 0.2) is 11.5 Å². The van der Waals surface area contributed by atoms with E-state index in [1.165, 1.54) is 14.2 Å². The van der Waals surface area contributed by atoms with Crippen LogP contribution in [0.15, 0.2) is 66.2 Å². The summed E-state index contributed by atoms with van der Waals surface area (Å²) in [6.07, 6.45) is 2.31. The van der Waals surface area contributed by atoms with Crippen molar-refractivity contribution in [2.24, 2.45) is 0 Å². The van der Waals surface area contributed by atoms with Crippen molar-refractivity contribution in [2.75, 3.05) is 38.9 Å². The molecule has 0 radical (unpaired) electrons. The Labute approximate surface area is 211 Å². The van der Waals surface area contributed by atoms with E-state index in [1.807, 2.05) is 61.5 Å². The molecule has 0 N–H and O–H groups in total. The average molecular weight is 485 g/mol. The molecule has 0 atom stereocenters. The van der Waals surface area contributed by atoms with E-state index in [0.717, 1.165) is 29.0 Å². The summed E-state index contributed by atoms with van der Waals surface area (Å²) in [4.78, 5) is 14.8. The standard InChI is InChI=1S/C29H28N2O5/c1-20-8-10-24(11-9-20)35-14-15-36-28-26(33-2)17-21(18-27(28)34-3)16-23(19-30)29(32)31-13-12-22-6-4-5-7-25(22)31/h4-11,16-18H,12-15H2,1-3H3/b23-16+. The van der Waals surface area contributed by atoms with Gasteiger partial charge in [-0.05, 0) is 60.9 Å². The Morgan fingerprint density at radius 1 is 1.00 bits per heavy atom. The minimum Gasteiger partial charge on any atom is -0.493 e. The van der Waals surface area contributed by atoms with Crippen molar-refractivity contribution in [3.8, 4) is 29.1 Å². The number of benzene rings is 3. The summed E-state index contributed by atoms with van der Waals surface area (Å²) in [5, 5.41) is 9.76. The SMILES string of the molecule is COc1cc(/C=C(\C#N)C(=O)N2CCc3ccccc32)cc(OC)c1OCCOc1ccc(C)cc1. The van der Waals surface area contributed by atoms with E-state index in [2.05, 4.69) is 0 Å². The lowest BCUT2D eigenvalue weighted by molar-refractivity contribution is -0.114. The van der Waals surface area contributed by atoms with E-state index in [1.54, 1.807) is 23.1 Å². The maximum absolute atomic E-state index is 13.2. The molecule has 0 bridgehead atoms. The van der Waals surface area contributed by atoms with Crippen molar-refractivity contribution in [3.05, 3.63) is 82.9 Å². The number of carbonyl (C=O) groups is 1. The van der Waals surface area contributed by atoms with Crippen LogP contribution in [0.3, 0.4) is 0 Å². The van der Waals surface area contributed by atoms with Crippen LogP contribution in [0.4, 0.5) is 5.69 Å². The molecule has 3 aromatic carbocycles. The topological polar surface area (TPSA) is 81.0 Å². The number of ether oxygens (including phenoxy) is 4. The van der Waals surface area contributed by atoms with Gasteiger partial charge in [0.2, 0.25) is 5.75 Å². The fourth-order valence-electron chi connectivity index (χ4n) is 4.07. The number of para-hydroxylation sites is 1. The molecule has 0 aliphatic carbocycles. The molecule has 0 aromatic heterocycles. The number of anilines is 1. The van der Waals surface area contributed by atoms with Gasteiger partial charge in [-0.3, -0.25) is 4.79 Å². The van der Waals surface area contributed by atoms with E-state index in [-0.39, 0.29) is 18.1 Å². The number of amides is 1. The Bertz CT molecular complexity index is 1280. The summed E-state index contributed by atoms with van der Waals surface area (Å²) in [7, 11) is 3.05. The Kier molecular flexibility index (Phi) is 7.76. The normalized spacial score (nSPS) is 12.5. The highest BCUT2D eigenvalue weighted by Gasteiger charge is 2.27. The lowest BCUT2D eigenvalue weighted by Gasteiger charge is -2.17. The molecule has 7 heteroatoms. The smallest absolute Gasteiger partial charge is 0.268 e. The predicted octanol–water partition coefficient (Wildman–Crippen LogP) is 4.97. The van der Waals surface area contributed by atoms with Gasteiger partial charge in [-0.2, -0.15) is 5.26 Å². The fraction of sp³-hybridized carbons (Fsp3) is 0.241. The molecule has 0 fully saturated rings. The van der Waals surface area contributed by atoms with Crippen LogP contribution in [-0.4, -0.2) is 39.9 Å². The van der Waals surface area contributed by atoms with Crippen LogP contribution < -0.4 is 23.8 Å². The van der Waals surface area contributed by atoms with Crippen LogP contribution >= 0.6 is 0 Å². The number of methoxy groups -OCH3 is 2. The third-order valence-corrected chi connectivity index (χ3v) is 5.90. The zero-order valence-corrected chi connectivity index (χ0v) is 20.6. The molecule has 0 unspecified atom stereocenters. The molecule has 36 heavy (non-hydrogen) atoms. The van der Waals surface area contributed by atoms with Gasteiger partial charge in [-0.15, -0.1) is 0 Å². The van der Waals surface area contributed by atoms with Crippen LogP contribution in [0.1, 0.15) is 16.7 Å². The van der Waals surface area contributed by atoms with Crippen LogP contribution in [-0.2, 0) is 11.2 Å². The van der Waals surface area contributed by atoms with Gasteiger partial charge >= 0.3 is 0 Å². The highest BCUT2D eigenvalue weighted by Crippen LogP contribution is 2.39. The molecular formula is C29H28N2O5. The molecule has 3 aromatic rings. The number of aryl methyl sites for hydroxylation is 1. The van der Waals surface area contributed by atoms with Crippen molar-refractivity contribution in [3.63, 3.8) is 0 Å². The number of hydrogen-bond donors (Lipinski definition) is 0. The third kappa shape index (κ3) is 5.44. The zero-order chi connectivity index (χ0) is 25.5. The summed E-state index contributed by atoms with van der Waals surface area (Å²) in [6, 6.07) is 21.0. The number of carbonyl (C=O) groups excluding carboxylic acids is 1. The summed E-state index contributed by atoms with van der Waals surface area (Å²) < 4.78 is 22.7. The third-order valence-electron chi connectivity index (χ3n) is 5.90. The Balaban J connectivity index is 1.50. The lowest BCUT2D eigenvalue weighted by Crippen LogP contribution is -2.29. The van der Waals surface area contributed by atoms with E-state index in [4.69, 9.17) is 18.9 Å². The summed E-state index contributed by atoms with van der Waals surface area (Å²) >= 11 is 0. The first-order chi connectivity index (χ1) is 17.5. The van der Waals surface area contributed by atoms with E-state index in [9.17, 15) is 10.1 Å². The van der Waals surface area contributed by atoms with Crippen molar-refractivity contribution in [1.82, 2.24) is 0 Å². The lowest BCUT2D eigenvalue weighted by atomic mass is 10.1. The quantitative estimate of drug-likeness (QED) is 0.242. The number of nitriles is 1. The molecule has 1 heterocycles. The maximum Gasteiger partial charge on any atom is 0.268 e. The molecule has 1 aliphatic heterocycles. The second kappa shape index (κ2) is 11.3. The molecule has 4 rings (SSSR count). The van der Waals surface area contributed by atoms with Gasteiger partial charge in [-0.25, -0.2) is 0 Å². The maximum atomic E-state index is 13.2. The highest BCUT2D eigenvalue weighted by molar-refractivity contribution is 6.12. The van der Waals surface area contributed by atoms with Gasteiger partial charge in [0.25, 0.3) is 5.91 Å². The zero-order valence-electron chi connectivity index (χ0n) is 20.6. The van der Waals surface area contributed by atoms with E-state index < -0.39 is 0 Å². The van der Waals surface area contributed by atoms with Crippen molar-refractivity contribution < 1.29 is 23.7 Å². The van der Waals surface area contributed by atoms with Gasteiger partial charge < -0.3 is 23.8 Å². The number of rotatable bonds is 9. The van der Waals surface area contributed by atoms with Gasteiger partial charge in [-0.1, -0.05) is 35.9 Å². The molecular weight excluding hydrogens is 456 g/mol. The van der Waals surface area contributed by atoms with Gasteiger partial charge in [0.05, 0.1) is 14.2 Å². The van der Waals surface area contributed by atoms with Crippen molar-refractivity contribution >= 4 is 17.7 Å². The number of hydrogen-bond acceptors (Lipinski definition) is 6. The number of fused-ring (bicyclic) bond motifs is 1. The van der Waals surface area contributed by atoms with Crippen LogP contribution in [0.5, 0.6) is 23.0 Å². The molecule has 0 spiro atoms. The minimum absolute atomic E-state index is 0.0241. The summed E-state index contributed by atoms with van der Waals surface area (Å²) in [5.74, 6) is 1.69. The van der Waals surface area contributed by atoms with Crippen molar-refractivity contribution in [1.29, 1.82) is 5.26 Å². The first-order valence-corrected chi connectivity index (χ1v) is 11.6. The highest BCUT2D eigenvalue weighted by atomic mass is 16.6. The molecule has 0 saturated heterocycles. The molecule has 0 saturated carbocycles. The van der Waals surface area contributed by atoms with Crippen LogP contribution in [0, 0.1) is 18.3 Å². The summed E-state index contributed by atoms with van der Waals surface area (Å²) in [6.45, 7) is 3.17. The Hall–Kier alpha value is -4.44. The van der Waals surface area contributed by atoms with Crippen LogP contribution in [0.2, 0.25) is 0 Å². The minimum atomic E-state index is -0.339. The summed E-state index contributed by atoms with van der Waals surface area (Å²) in [5.41, 5.74) is 3.71. The number of nitrogens with zero attached hydrogens (tertiary/aromatic N) is 2. The van der Waals surface area contributed by atoms with Crippen LogP contribution in [0.25, 0.3) is 6.08 Å². The largest absolute Gasteiger partial charge is 0.493 e. The van der Waals surface area contributed by atoms with Crippen molar-refractivity contribution in [2.45, 2.75) is 13.3 Å². The molecule has 1 aliphatic rings. The first kappa shape index (κ1) is 24.7. The van der Waals surface area contributed by atoms with Gasteiger partial charge in [0.1, 0.15) is 30.6 Å². The second-order valence-corrected chi connectivity index (χ2v) is 8.27. The van der Waals surface area contributed by atoms with Gasteiger partial charge in [0, 0.05) is 12.2 Å². The molecule has 1 amide bonds.